The molecule has 2 N–H and O–H groups in total. The molecule has 0 aromatic carbocycles. The fourth-order valence-electron chi connectivity index (χ4n) is 1.85. The number of nitrogens with zero attached hydrogens (tertiary/aromatic N) is 5. The molecule has 2 aromatic rings. The lowest BCUT2D eigenvalue weighted by atomic mass is 10.1. The monoisotopic (exact) mass is 242 g/mol. The number of fused-ring (bicyclic) bond motifs is 1. The average molecular weight is 242 g/mol. The van der Waals surface area contributed by atoms with Crippen LogP contribution in [0.15, 0.2) is 28.7 Å². The third kappa shape index (κ3) is 1.88. The van der Waals surface area contributed by atoms with Crippen molar-refractivity contribution in [3.05, 3.63) is 29.7 Å². The van der Waals surface area contributed by atoms with E-state index in [0.29, 0.717) is 5.82 Å². The van der Waals surface area contributed by atoms with Crippen LogP contribution >= 0.6 is 0 Å². The lowest BCUT2D eigenvalue weighted by Gasteiger charge is -2.02. The van der Waals surface area contributed by atoms with Crippen LogP contribution in [0.3, 0.4) is 0 Å². The highest BCUT2D eigenvalue weighted by Crippen LogP contribution is 2.25. The Kier molecular flexibility index (Phi) is 3.18. The predicted octanol–water partition coefficient (Wildman–Crippen LogP) is 1.71. The highest BCUT2D eigenvalue weighted by Gasteiger charge is 2.13. The van der Waals surface area contributed by atoms with E-state index in [-0.39, 0.29) is 0 Å². The van der Waals surface area contributed by atoms with Crippen LogP contribution in [0, 0.1) is 6.92 Å². The molecule has 0 unspecified atom stereocenters. The molecule has 0 radical (unpaired) electrons. The number of aromatic nitrogens is 3. The highest BCUT2D eigenvalue weighted by molar-refractivity contribution is 6.13. The number of hydrogen-bond donors (Lipinski definition) is 1. The first-order valence-corrected chi connectivity index (χ1v) is 5.43. The van der Waals surface area contributed by atoms with Crippen LogP contribution in [-0.2, 0) is 0 Å². The molecule has 0 aliphatic rings. The summed E-state index contributed by atoms with van der Waals surface area (Å²) in [6.45, 7) is 7.19. The van der Waals surface area contributed by atoms with E-state index in [1.807, 2.05) is 26.0 Å². The molecule has 6 heteroatoms. The molecule has 0 spiro atoms. The van der Waals surface area contributed by atoms with E-state index in [1.165, 1.54) is 6.33 Å². The first-order chi connectivity index (χ1) is 8.69. The van der Waals surface area contributed by atoms with Gasteiger partial charge in [-0.15, -0.1) is 0 Å². The molecule has 2 aromatic heterocycles. The van der Waals surface area contributed by atoms with Gasteiger partial charge in [-0.2, -0.15) is 15.3 Å². The third-order valence-electron chi connectivity index (χ3n) is 2.66. The van der Waals surface area contributed by atoms with E-state index in [4.69, 9.17) is 5.73 Å². The van der Waals surface area contributed by atoms with Crippen molar-refractivity contribution in [1.29, 1.82) is 0 Å². The lowest BCUT2D eigenvalue weighted by Crippen LogP contribution is -2.01. The van der Waals surface area contributed by atoms with Crippen LogP contribution in [0.2, 0.25) is 0 Å². The Morgan fingerprint density at radius 3 is 3.00 bits per heavy atom. The number of rotatable bonds is 3. The molecular weight excluding hydrogens is 228 g/mol. The molecule has 0 saturated carbocycles. The second-order valence-electron chi connectivity index (χ2n) is 3.74. The van der Waals surface area contributed by atoms with Crippen molar-refractivity contribution >= 4 is 29.8 Å². The smallest absolute Gasteiger partial charge is 0.151 e. The van der Waals surface area contributed by atoms with Crippen LogP contribution in [0.5, 0.6) is 0 Å². The summed E-state index contributed by atoms with van der Waals surface area (Å²) in [7, 11) is 0. The minimum atomic E-state index is 0.437. The maximum Gasteiger partial charge on any atom is 0.151 e. The summed E-state index contributed by atoms with van der Waals surface area (Å²) in [4.78, 5) is 4.02. The zero-order valence-corrected chi connectivity index (χ0v) is 10.3. The summed E-state index contributed by atoms with van der Waals surface area (Å²) in [5.41, 5.74) is 9.50. The number of hydrogen-bond acceptors (Lipinski definition) is 5. The quantitative estimate of drug-likeness (QED) is 0.657. The minimum Gasteiger partial charge on any atom is -0.382 e. The summed E-state index contributed by atoms with van der Waals surface area (Å²) in [5, 5.41) is 11.4. The van der Waals surface area contributed by atoms with Crippen molar-refractivity contribution in [2.75, 3.05) is 5.73 Å². The fourth-order valence-corrected chi connectivity index (χ4v) is 1.85. The van der Waals surface area contributed by atoms with Crippen LogP contribution < -0.4 is 5.73 Å². The van der Waals surface area contributed by atoms with Crippen molar-refractivity contribution in [2.45, 2.75) is 13.8 Å². The Morgan fingerprint density at radius 1 is 1.56 bits per heavy atom. The zero-order valence-electron chi connectivity index (χ0n) is 10.3. The van der Waals surface area contributed by atoms with E-state index in [0.717, 1.165) is 22.3 Å². The van der Waals surface area contributed by atoms with E-state index in [1.54, 1.807) is 10.7 Å². The second kappa shape index (κ2) is 4.79. The standard InChI is InChI=1S/C12H14N6/c1-4-9(6-16-14-3)10-5-8(2)18-11(10)12(13)15-7-17-18/h4-7H,3H2,1-2H3,(H2,13,15,17)/b9-4+,16-6-. The normalized spacial score (nSPS) is 12.4. The molecule has 0 atom stereocenters. The van der Waals surface area contributed by atoms with Gasteiger partial charge in [0.2, 0.25) is 0 Å². The van der Waals surface area contributed by atoms with Gasteiger partial charge in [-0.05, 0) is 25.5 Å². The highest BCUT2D eigenvalue weighted by atomic mass is 15.3. The maximum atomic E-state index is 5.91. The van der Waals surface area contributed by atoms with Crippen LogP contribution in [0.25, 0.3) is 11.1 Å². The summed E-state index contributed by atoms with van der Waals surface area (Å²) >= 11 is 0. The van der Waals surface area contributed by atoms with Crippen molar-refractivity contribution in [1.82, 2.24) is 14.6 Å². The number of aryl methyl sites for hydroxylation is 1. The van der Waals surface area contributed by atoms with E-state index < -0.39 is 0 Å². The molecule has 92 valence electrons. The average Bonchev–Trinajstić information content (AvgIpc) is 2.70. The molecule has 0 aliphatic heterocycles. The fraction of sp³-hybridized carbons (Fsp3) is 0.167. The Bertz CT molecular complexity index is 650. The minimum absolute atomic E-state index is 0.437. The van der Waals surface area contributed by atoms with Gasteiger partial charge in [-0.1, -0.05) is 6.08 Å². The topological polar surface area (TPSA) is 80.9 Å². The molecule has 2 heterocycles. The number of allylic oxidation sites excluding steroid dienone is 2. The number of nitrogen functional groups attached to an aromatic ring is 1. The SMILES string of the molecule is C=N/N=C\C(=C/C)c1cc(C)n2ncnc(N)c12. The molecular formula is C12H14N6. The number of anilines is 1. The van der Waals surface area contributed by atoms with Crippen LogP contribution in [-0.4, -0.2) is 27.5 Å². The van der Waals surface area contributed by atoms with E-state index >= 15 is 0 Å². The van der Waals surface area contributed by atoms with E-state index in [9.17, 15) is 0 Å². The van der Waals surface area contributed by atoms with Crippen molar-refractivity contribution in [3.8, 4) is 0 Å². The zero-order chi connectivity index (χ0) is 13.1. The Labute approximate surface area is 105 Å². The lowest BCUT2D eigenvalue weighted by molar-refractivity contribution is 0.875. The van der Waals surface area contributed by atoms with Gasteiger partial charge in [-0.3, -0.25) is 0 Å². The van der Waals surface area contributed by atoms with Gasteiger partial charge in [0.1, 0.15) is 11.8 Å². The van der Waals surface area contributed by atoms with Gasteiger partial charge in [0.15, 0.2) is 5.82 Å². The van der Waals surface area contributed by atoms with Gasteiger partial charge in [-0.25, -0.2) is 9.50 Å². The Balaban J connectivity index is 2.71. The van der Waals surface area contributed by atoms with Gasteiger partial charge >= 0.3 is 0 Å². The first kappa shape index (κ1) is 12.0. The van der Waals surface area contributed by atoms with Crippen LogP contribution in [0.1, 0.15) is 18.2 Å². The summed E-state index contributed by atoms with van der Waals surface area (Å²) in [6.07, 6.45) is 5.00. The van der Waals surface area contributed by atoms with Gasteiger partial charge in [0.05, 0.1) is 6.21 Å². The van der Waals surface area contributed by atoms with Crippen molar-refractivity contribution < 1.29 is 0 Å². The maximum absolute atomic E-state index is 5.91. The third-order valence-corrected chi connectivity index (χ3v) is 2.66. The Morgan fingerprint density at radius 2 is 2.33 bits per heavy atom. The summed E-state index contributed by atoms with van der Waals surface area (Å²) < 4.78 is 1.76. The molecule has 0 aliphatic carbocycles. The van der Waals surface area contributed by atoms with Crippen molar-refractivity contribution in [2.24, 2.45) is 10.2 Å². The largest absolute Gasteiger partial charge is 0.382 e. The van der Waals surface area contributed by atoms with Gasteiger partial charge < -0.3 is 5.73 Å². The first-order valence-electron chi connectivity index (χ1n) is 5.43. The summed E-state index contributed by atoms with van der Waals surface area (Å²) in [5.74, 6) is 0.437. The summed E-state index contributed by atoms with van der Waals surface area (Å²) in [6, 6.07) is 1.99. The Hall–Kier alpha value is -2.50. The van der Waals surface area contributed by atoms with Crippen LogP contribution in [0.4, 0.5) is 5.82 Å². The molecule has 2 rings (SSSR count). The molecule has 0 saturated heterocycles. The molecule has 0 amide bonds. The van der Waals surface area contributed by atoms with Crippen molar-refractivity contribution in [3.63, 3.8) is 0 Å². The van der Waals surface area contributed by atoms with Gasteiger partial charge in [0.25, 0.3) is 0 Å². The molecule has 0 fully saturated rings. The van der Waals surface area contributed by atoms with E-state index in [2.05, 4.69) is 27.0 Å². The molecule has 0 bridgehead atoms. The molecule has 6 nitrogen and oxygen atoms in total. The molecule has 18 heavy (non-hydrogen) atoms. The second-order valence-corrected chi connectivity index (χ2v) is 3.74. The number of nitrogens with two attached hydrogens (primary N) is 1. The van der Waals surface area contributed by atoms with Gasteiger partial charge in [0, 0.05) is 18.0 Å². The predicted molar refractivity (Wildman–Crippen MR) is 73.8 cm³/mol.